The minimum Gasteiger partial charge on any atom is -0.336 e. The molecule has 5 aromatic heterocycles. The van der Waals surface area contributed by atoms with Crippen LogP contribution < -0.4 is 0 Å². The molecule has 0 aliphatic heterocycles. The predicted molar refractivity (Wildman–Crippen MR) is 115 cm³/mol. The van der Waals surface area contributed by atoms with E-state index in [0.29, 0.717) is 22.7 Å². The Morgan fingerprint density at radius 3 is 2.67 bits per heavy atom. The molecule has 5 heterocycles. The van der Waals surface area contributed by atoms with Crippen LogP contribution in [0.1, 0.15) is 0 Å². The number of imidazole rings is 1. The molecular formula is C22H13FN6S. The highest BCUT2D eigenvalue weighted by atomic mass is 32.1. The highest BCUT2D eigenvalue weighted by Crippen LogP contribution is 2.33. The molecule has 6 nitrogen and oxygen atoms in total. The zero-order valence-electron chi connectivity index (χ0n) is 15.4. The molecule has 30 heavy (non-hydrogen) atoms. The zero-order chi connectivity index (χ0) is 20.1. The summed E-state index contributed by atoms with van der Waals surface area (Å²) in [5.41, 5.74) is 5.66. The molecular weight excluding hydrogens is 399 g/mol. The first-order valence-corrected chi connectivity index (χ1v) is 10.1. The molecule has 0 aliphatic rings. The number of aromatic nitrogens is 6. The lowest BCUT2D eigenvalue weighted by Gasteiger charge is -2.01. The molecule has 0 saturated heterocycles. The van der Waals surface area contributed by atoms with E-state index in [4.69, 9.17) is 4.98 Å². The molecule has 0 fully saturated rings. The predicted octanol–water partition coefficient (Wildman–Crippen LogP) is 5.43. The van der Waals surface area contributed by atoms with E-state index in [-0.39, 0.29) is 5.13 Å². The Morgan fingerprint density at radius 1 is 0.867 bits per heavy atom. The number of fused-ring (bicyclic) bond motifs is 2. The summed E-state index contributed by atoms with van der Waals surface area (Å²) in [6, 6.07) is 16.9. The van der Waals surface area contributed by atoms with Crippen LogP contribution in [0.4, 0.5) is 4.39 Å². The fraction of sp³-hybridized carbons (Fsp3) is 0. The summed E-state index contributed by atoms with van der Waals surface area (Å²) in [6.45, 7) is 0. The Hall–Kier alpha value is -3.91. The lowest BCUT2D eigenvalue weighted by atomic mass is 10.1. The summed E-state index contributed by atoms with van der Waals surface area (Å²) < 4.78 is 13.5. The van der Waals surface area contributed by atoms with Gasteiger partial charge in [-0.15, -0.1) is 11.3 Å². The van der Waals surface area contributed by atoms with E-state index >= 15 is 0 Å². The largest absolute Gasteiger partial charge is 0.336 e. The zero-order valence-corrected chi connectivity index (χ0v) is 16.2. The van der Waals surface area contributed by atoms with E-state index < -0.39 is 0 Å². The maximum Gasteiger partial charge on any atom is 0.177 e. The molecule has 0 bridgehead atoms. The normalized spacial score (nSPS) is 11.5. The Labute approximate surface area is 173 Å². The van der Waals surface area contributed by atoms with E-state index in [1.54, 1.807) is 18.5 Å². The Balaban J connectivity index is 1.52. The van der Waals surface area contributed by atoms with E-state index in [9.17, 15) is 4.39 Å². The van der Waals surface area contributed by atoms with Gasteiger partial charge in [0.1, 0.15) is 16.9 Å². The van der Waals surface area contributed by atoms with Gasteiger partial charge >= 0.3 is 0 Å². The van der Waals surface area contributed by atoms with Gasteiger partial charge in [0.05, 0.1) is 21.6 Å². The third-order valence-electron chi connectivity index (χ3n) is 4.96. The molecule has 0 spiro atoms. The van der Waals surface area contributed by atoms with Crippen LogP contribution in [0.2, 0.25) is 0 Å². The third-order valence-corrected chi connectivity index (χ3v) is 5.84. The summed E-state index contributed by atoms with van der Waals surface area (Å²) in [6.07, 6.45) is 3.47. The molecule has 6 rings (SSSR count). The molecule has 0 radical (unpaired) electrons. The number of hydrogen-bond acceptors (Lipinski definition) is 5. The van der Waals surface area contributed by atoms with Crippen molar-refractivity contribution in [2.75, 3.05) is 0 Å². The minimum atomic E-state index is -0.250. The second-order valence-corrected chi connectivity index (χ2v) is 7.83. The summed E-state index contributed by atoms with van der Waals surface area (Å²) in [5.74, 6) is 0.626. The number of halogens is 1. The molecule has 144 valence electrons. The molecule has 0 atom stereocenters. The van der Waals surface area contributed by atoms with Gasteiger partial charge in [-0.1, -0.05) is 12.1 Å². The van der Waals surface area contributed by atoms with Crippen LogP contribution in [0.3, 0.4) is 0 Å². The minimum absolute atomic E-state index is 0.250. The van der Waals surface area contributed by atoms with Crippen LogP contribution >= 0.6 is 11.3 Å². The van der Waals surface area contributed by atoms with Crippen molar-refractivity contribution in [2.24, 2.45) is 0 Å². The van der Waals surface area contributed by atoms with Crippen LogP contribution in [0.5, 0.6) is 0 Å². The van der Waals surface area contributed by atoms with E-state index in [1.807, 2.05) is 36.4 Å². The van der Waals surface area contributed by atoms with Crippen molar-refractivity contribution >= 4 is 33.3 Å². The van der Waals surface area contributed by atoms with Gasteiger partial charge < -0.3 is 4.98 Å². The van der Waals surface area contributed by atoms with Gasteiger partial charge in [-0.3, -0.25) is 15.1 Å². The summed E-state index contributed by atoms with van der Waals surface area (Å²) in [7, 11) is 0. The van der Waals surface area contributed by atoms with E-state index in [2.05, 4.69) is 31.2 Å². The number of hydrogen-bond donors (Lipinski definition) is 2. The van der Waals surface area contributed by atoms with Crippen LogP contribution in [0, 0.1) is 5.13 Å². The highest BCUT2D eigenvalue weighted by molar-refractivity contribution is 7.13. The van der Waals surface area contributed by atoms with Crippen molar-refractivity contribution in [2.45, 2.75) is 0 Å². The quantitative estimate of drug-likeness (QED) is 0.406. The average molecular weight is 412 g/mol. The van der Waals surface area contributed by atoms with Crippen molar-refractivity contribution in [3.63, 3.8) is 0 Å². The van der Waals surface area contributed by atoms with Gasteiger partial charge in [-0.2, -0.15) is 9.49 Å². The molecule has 1 aromatic carbocycles. The summed E-state index contributed by atoms with van der Waals surface area (Å²) in [4.78, 5) is 17.7. The number of benzene rings is 1. The highest BCUT2D eigenvalue weighted by Gasteiger charge is 2.17. The second kappa shape index (κ2) is 6.57. The first kappa shape index (κ1) is 17.0. The number of rotatable bonds is 3. The Bertz CT molecular complexity index is 1520. The van der Waals surface area contributed by atoms with Gasteiger partial charge in [0, 0.05) is 23.3 Å². The summed E-state index contributed by atoms with van der Waals surface area (Å²) in [5, 5.41) is 8.24. The number of nitrogens with one attached hydrogen (secondary N) is 2. The van der Waals surface area contributed by atoms with Gasteiger partial charge in [-0.05, 0) is 42.5 Å². The second-order valence-electron chi connectivity index (χ2n) is 6.79. The molecule has 0 aliphatic carbocycles. The molecule has 0 saturated carbocycles. The van der Waals surface area contributed by atoms with Crippen molar-refractivity contribution in [3.05, 3.63) is 72.1 Å². The molecule has 6 aromatic rings. The fourth-order valence-corrected chi connectivity index (χ4v) is 4.29. The number of thiophene rings is 1. The van der Waals surface area contributed by atoms with E-state index in [1.165, 1.54) is 6.07 Å². The van der Waals surface area contributed by atoms with Gasteiger partial charge in [0.25, 0.3) is 0 Å². The SMILES string of the molecule is Fc1ccc(-c2nccc3[nH]c(-c4n[nH]c5ccc(-c6ccccn6)cc45)nc23)s1. The first-order chi connectivity index (χ1) is 14.8. The third kappa shape index (κ3) is 2.69. The van der Waals surface area contributed by atoms with Crippen LogP contribution in [0.15, 0.2) is 67.0 Å². The molecule has 0 amide bonds. The Morgan fingerprint density at radius 2 is 1.83 bits per heavy atom. The van der Waals surface area contributed by atoms with Crippen LogP contribution in [-0.2, 0) is 0 Å². The first-order valence-electron chi connectivity index (χ1n) is 9.26. The Kier molecular flexibility index (Phi) is 3.72. The van der Waals surface area contributed by atoms with Gasteiger partial charge in [0.2, 0.25) is 0 Å². The van der Waals surface area contributed by atoms with Gasteiger partial charge in [0.15, 0.2) is 11.0 Å². The summed E-state index contributed by atoms with van der Waals surface area (Å²) >= 11 is 1.05. The topological polar surface area (TPSA) is 83.1 Å². The fourth-order valence-electron chi connectivity index (χ4n) is 3.56. The van der Waals surface area contributed by atoms with Crippen molar-refractivity contribution < 1.29 is 4.39 Å². The lowest BCUT2D eigenvalue weighted by Crippen LogP contribution is -1.84. The van der Waals surface area contributed by atoms with Crippen molar-refractivity contribution in [1.82, 2.24) is 30.1 Å². The maximum atomic E-state index is 13.5. The smallest absolute Gasteiger partial charge is 0.177 e. The monoisotopic (exact) mass is 412 g/mol. The average Bonchev–Trinajstić information content (AvgIpc) is 3.51. The maximum absolute atomic E-state index is 13.5. The molecule has 8 heteroatoms. The van der Waals surface area contributed by atoms with Crippen molar-refractivity contribution in [3.8, 4) is 33.3 Å². The standard InChI is InChI=1S/C22H13FN6S/c23-18-7-6-17(30-18)21-20-16(8-10-25-21)26-22(27-20)19-13-11-12(4-5-15(13)28-29-19)14-3-1-2-9-24-14/h1-11H,(H,26,27)(H,28,29). The van der Waals surface area contributed by atoms with Crippen molar-refractivity contribution in [1.29, 1.82) is 0 Å². The number of pyridine rings is 2. The lowest BCUT2D eigenvalue weighted by molar-refractivity contribution is 0.657. The van der Waals surface area contributed by atoms with E-state index in [0.717, 1.165) is 43.9 Å². The number of nitrogens with zero attached hydrogens (tertiary/aromatic N) is 4. The number of H-pyrrole nitrogens is 2. The van der Waals surface area contributed by atoms with Crippen LogP contribution in [-0.4, -0.2) is 30.1 Å². The number of aromatic amines is 2. The molecule has 0 unspecified atom stereocenters. The van der Waals surface area contributed by atoms with Gasteiger partial charge in [-0.25, -0.2) is 4.98 Å². The molecule has 2 N–H and O–H groups in total. The van der Waals surface area contributed by atoms with Crippen LogP contribution in [0.25, 0.3) is 55.3 Å².